The molecule has 4 nitrogen and oxygen atoms in total. The van der Waals surface area contributed by atoms with Crippen molar-refractivity contribution in [3.05, 3.63) is 18.2 Å². The molecule has 0 atom stereocenters. The lowest BCUT2D eigenvalue weighted by atomic mass is 9.94. The second-order valence-corrected chi connectivity index (χ2v) is 4.64. The first-order chi connectivity index (χ1) is 8.13. The zero-order valence-corrected chi connectivity index (χ0v) is 10.3. The van der Waals surface area contributed by atoms with Gasteiger partial charge in [-0.2, -0.15) is 0 Å². The average Bonchev–Trinajstić information content (AvgIpc) is 2.32. The lowest BCUT2D eigenvalue weighted by molar-refractivity contribution is 0.0527. The summed E-state index contributed by atoms with van der Waals surface area (Å²) in [5.74, 6) is 1.28. The topological polar surface area (TPSA) is 50.7 Å². The Kier molecular flexibility index (Phi) is 3.43. The Morgan fingerprint density at radius 2 is 2.00 bits per heavy atom. The summed E-state index contributed by atoms with van der Waals surface area (Å²) in [5, 5.41) is 13.1. The van der Waals surface area contributed by atoms with Crippen LogP contribution in [0.2, 0.25) is 0 Å². The third-order valence-electron chi connectivity index (χ3n) is 3.18. The van der Waals surface area contributed by atoms with E-state index in [0.717, 1.165) is 25.9 Å². The van der Waals surface area contributed by atoms with Gasteiger partial charge in [0.15, 0.2) is 11.5 Å². The van der Waals surface area contributed by atoms with E-state index in [1.54, 1.807) is 25.3 Å². The second kappa shape index (κ2) is 4.84. The van der Waals surface area contributed by atoms with Crippen molar-refractivity contribution in [2.24, 2.45) is 0 Å². The number of ether oxygens (including phenoxy) is 2. The molecule has 1 aliphatic rings. The molecule has 2 N–H and O–H groups in total. The summed E-state index contributed by atoms with van der Waals surface area (Å²) in [7, 11) is 1.57. The van der Waals surface area contributed by atoms with Crippen molar-refractivity contribution >= 4 is 0 Å². The molecule has 1 aliphatic heterocycles. The van der Waals surface area contributed by atoms with Crippen LogP contribution in [0.25, 0.3) is 0 Å². The minimum Gasteiger partial charge on any atom is -0.504 e. The van der Waals surface area contributed by atoms with Gasteiger partial charge in [0.05, 0.1) is 7.11 Å². The molecule has 0 radical (unpaired) electrons. The lowest BCUT2D eigenvalue weighted by Crippen LogP contribution is -2.43. The standard InChI is InChI=1S/C13H19NO3/c1-13(5-7-14-8-6-13)17-12-4-3-10(16-2)9-11(12)15/h3-4,9,14-15H,5-8H2,1-2H3. The van der Waals surface area contributed by atoms with E-state index >= 15 is 0 Å². The van der Waals surface area contributed by atoms with Crippen molar-refractivity contribution < 1.29 is 14.6 Å². The van der Waals surface area contributed by atoms with Crippen LogP contribution in [0.3, 0.4) is 0 Å². The van der Waals surface area contributed by atoms with Crippen LogP contribution in [-0.4, -0.2) is 30.9 Å². The average molecular weight is 237 g/mol. The number of nitrogens with one attached hydrogen (secondary N) is 1. The van der Waals surface area contributed by atoms with E-state index < -0.39 is 0 Å². The number of phenolic OH excluding ortho intramolecular Hbond substituents is 1. The van der Waals surface area contributed by atoms with Crippen molar-refractivity contribution in [3.8, 4) is 17.2 Å². The van der Waals surface area contributed by atoms with Crippen molar-refractivity contribution in [2.75, 3.05) is 20.2 Å². The quantitative estimate of drug-likeness (QED) is 0.843. The number of hydrogen-bond donors (Lipinski definition) is 2. The largest absolute Gasteiger partial charge is 0.504 e. The van der Waals surface area contributed by atoms with Gasteiger partial charge in [0.1, 0.15) is 11.4 Å². The van der Waals surface area contributed by atoms with E-state index in [-0.39, 0.29) is 11.4 Å². The molecule has 94 valence electrons. The monoisotopic (exact) mass is 237 g/mol. The Morgan fingerprint density at radius 1 is 1.29 bits per heavy atom. The van der Waals surface area contributed by atoms with Gasteiger partial charge in [0.2, 0.25) is 0 Å². The van der Waals surface area contributed by atoms with Crippen LogP contribution in [0.5, 0.6) is 17.2 Å². The van der Waals surface area contributed by atoms with Crippen molar-refractivity contribution in [1.29, 1.82) is 0 Å². The maximum atomic E-state index is 9.85. The van der Waals surface area contributed by atoms with Crippen LogP contribution in [-0.2, 0) is 0 Å². The summed E-state index contributed by atoms with van der Waals surface area (Å²) in [6.45, 7) is 3.98. The molecule has 0 amide bonds. The van der Waals surface area contributed by atoms with Gasteiger partial charge >= 0.3 is 0 Å². The fourth-order valence-electron chi connectivity index (χ4n) is 2.03. The molecular weight excluding hydrogens is 218 g/mol. The number of piperidine rings is 1. The van der Waals surface area contributed by atoms with Gasteiger partial charge in [-0.3, -0.25) is 0 Å². The Morgan fingerprint density at radius 3 is 2.59 bits per heavy atom. The van der Waals surface area contributed by atoms with Crippen molar-refractivity contribution in [1.82, 2.24) is 5.32 Å². The number of aromatic hydroxyl groups is 1. The van der Waals surface area contributed by atoms with E-state index in [0.29, 0.717) is 11.5 Å². The molecule has 1 aromatic rings. The molecular formula is C13H19NO3. The highest BCUT2D eigenvalue weighted by atomic mass is 16.5. The zero-order valence-electron chi connectivity index (χ0n) is 10.3. The van der Waals surface area contributed by atoms with Crippen LogP contribution >= 0.6 is 0 Å². The van der Waals surface area contributed by atoms with Gasteiger partial charge in [-0.1, -0.05) is 0 Å². The van der Waals surface area contributed by atoms with Crippen LogP contribution in [0.1, 0.15) is 19.8 Å². The van der Waals surface area contributed by atoms with E-state index in [4.69, 9.17) is 9.47 Å². The fraction of sp³-hybridized carbons (Fsp3) is 0.538. The van der Waals surface area contributed by atoms with Crippen molar-refractivity contribution in [2.45, 2.75) is 25.4 Å². The van der Waals surface area contributed by atoms with Crippen LogP contribution in [0, 0.1) is 0 Å². The van der Waals surface area contributed by atoms with E-state index in [2.05, 4.69) is 12.2 Å². The number of phenols is 1. The molecule has 0 aliphatic carbocycles. The van der Waals surface area contributed by atoms with Gasteiger partial charge in [0.25, 0.3) is 0 Å². The summed E-state index contributed by atoms with van der Waals surface area (Å²) in [4.78, 5) is 0. The summed E-state index contributed by atoms with van der Waals surface area (Å²) >= 11 is 0. The summed E-state index contributed by atoms with van der Waals surface area (Å²) in [6, 6.07) is 5.11. The van der Waals surface area contributed by atoms with Crippen molar-refractivity contribution in [3.63, 3.8) is 0 Å². The fourth-order valence-corrected chi connectivity index (χ4v) is 2.03. The summed E-state index contributed by atoms with van der Waals surface area (Å²) in [5.41, 5.74) is -0.197. The number of rotatable bonds is 3. The second-order valence-electron chi connectivity index (χ2n) is 4.64. The van der Waals surface area contributed by atoms with Gasteiger partial charge in [-0.05, 0) is 45.0 Å². The minimum absolute atomic E-state index is 0.129. The minimum atomic E-state index is -0.197. The predicted molar refractivity (Wildman–Crippen MR) is 65.8 cm³/mol. The zero-order chi connectivity index (χ0) is 12.3. The molecule has 2 rings (SSSR count). The molecule has 0 spiro atoms. The van der Waals surface area contributed by atoms with E-state index in [1.165, 1.54) is 0 Å². The molecule has 1 heterocycles. The Bertz CT molecular complexity index is 386. The first-order valence-corrected chi connectivity index (χ1v) is 5.90. The smallest absolute Gasteiger partial charge is 0.162 e. The highest BCUT2D eigenvalue weighted by molar-refractivity contribution is 5.44. The maximum absolute atomic E-state index is 9.85. The Hall–Kier alpha value is -1.42. The van der Waals surface area contributed by atoms with Crippen LogP contribution < -0.4 is 14.8 Å². The van der Waals surface area contributed by atoms with Gasteiger partial charge in [0, 0.05) is 6.07 Å². The van der Waals surface area contributed by atoms with Gasteiger partial charge in [-0.25, -0.2) is 0 Å². The highest BCUT2D eigenvalue weighted by Crippen LogP contribution is 2.34. The molecule has 0 unspecified atom stereocenters. The molecule has 0 bridgehead atoms. The highest BCUT2D eigenvalue weighted by Gasteiger charge is 2.29. The van der Waals surface area contributed by atoms with Crippen LogP contribution in [0.4, 0.5) is 0 Å². The molecule has 1 saturated heterocycles. The maximum Gasteiger partial charge on any atom is 0.162 e. The molecule has 1 aromatic carbocycles. The third-order valence-corrected chi connectivity index (χ3v) is 3.18. The Labute approximate surface area is 102 Å². The third kappa shape index (κ3) is 2.82. The van der Waals surface area contributed by atoms with E-state index in [1.807, 2.05) is 0 Å². The summed E-state index contributed by atoms with van der Waals surface area (Å²) in [6.07, 6.45) is 1.89. The molecule has 4 heteroatoms. The van der Waals surface area contributed by atoms with Gasteiger partial charge < -0.3 is 19.9 Å². The molecule has 17 heavy (non-hydrogen) atoms. The molecule has 0 saturated carbocycles. The predicted octanol–water partition coefficient (Wildman–Crippen LogP) is 1.92. The van der Waals surface area contributed by atoms with Gasteiger partial charge in [-0.15, -0.1) is 0 Å². The summed E-state index contributed by atoms with van der Waals surface area (Å²) < 4.78 is 11.0. The first-order valence-electron chi connectivity index (χ1n) is 5.90. The molecule has 0 aromatic heterocycles. The lowest BCUT2D eigenvalue weighted by Gasteiger charge is -2.34. The molecule has 1 fully saturated rings. The number of hydrogen-bond acceptors (Lipinski definition) is 4. The SMILES string of the molecule is COc1ccc(OC2(C)CCNCC2)c(O)c1. The normalized spacial score (nSPS) is 18.7. The number of methoxy groups -OCH3 is 1. The number of benzene rings is 1. The first kappa shape index (κ1) is 12.0. The van der Waals surface area contributed by atoms with E-state index in [9.17, 15) is 5.11 Å². The Balaban J connectivity index is 2.12. The van der Waals surface area contributed by atoms with Crippen LogP contribution in [0.15, 0.2) is 18.2 Å².